The van der Waals surface area contributed by atoms with E-state index in [2.05, 4.69) is 42.0 Å². The lowest BCUT2D eigenvalue weighted by molar-refractivity contribution is -0.858. The van der Waals surface area contributed by atoms with Crippen LogP contribution >= 0.6 is 0 Å². The number of rotatable bonds is 29. The average Bonchev–Trinajstić information content (AvgIpc) is 2.94. The number of hydrogen-bond acceptors (Lipinski definition) is 2. The summed E-state index contributed by atoms with van der Waals surface area (Å²) in [6.07, 6.45) is 40.6. The maximum atomic E-state index is 9.62. The minimum Gasteiger partial charge on any atom is -1.00 e. The van der Waals surface area contributed by atoms with E-state index < -0.39 is 5.90 Å². The van der Waals surface area contributed by atoms with Gasteiger partial charge in [0.05, 0.1) is 41.3 Å². The molecule has 0 aliphatic heterocycles. The molecule has 0 amide bonds. The second-order valence-corrected chi connectivity index (χ2v) is 13.3. The first-order chi connectivity index (χ1) is 20.3. The lowest BCUT2D eigenvalue weighted by Gasteiger charge is -2.06. The Morgan fingerprint density at radius 1 is 0.465 bits per heavy atom. The summed E-state index contributed by atoms with van der Waals surface area (Å²) in [5, 5.41) is 15.9. The SMILES string of the molecule is CC=CC(=N)[O-].CCCCCCCCCCCCCCC[NH+](C)C.CCCCCCCCCCCCCCC[NH+](C)C.[Cl-]. The molecule has 0 aromatic carbocycles. The summed E-state index contributed by atoms with van der Waals surface area (Å²) in [5.41, 5.74) is 0. The van der Waals surface area contributed by atoms with Crippen LogP contribution < -0.4 is 27.3 Å². The van der Waals surface area contributed by atoms with Crippen LogP contribution in [0.5, 0.6) is 0 Å². The maximum absolute atomic E-state index is 9.62. The van der Waals surface area contributed by atoms with Crippen molar-refractivity contribution in [3.8, 4) is 0 Å². The van der Waals surface area contributed by atoms with Crippen molar-refractivity contribution >= 4 is 5.90 Å². The predicted octanol–water partition coefficient (Wildman–Crippen LogP) is 5.35. The molecule has 0 bridgehead atoms. The average molecular weight is 633 g/mol. The van der Waals surface area contributed by atoms with Gasteiger partial charge in [-0.1, -0.05) is 167 Å². The van der Waals surface area contributed by atoms with Gasteiger partial charge in [0.1, 0.15) is 0 Å². The molecule has 0 fully saturated rings. The number of unbranched alkanes of at least 4 members (excludes halogenated alkanes) is 24. The van der Waals surface area contributed by atoms with Gasteiger partial charge in [0.25, 0.3) is 0 Å². The molecule has 262 valence electrons. The van der Waals surface area contributed by atoms with E-state index in [1.165, 1.54) is 192 Å². The molecule has 0 radical (unpaired) electrons. The zero-order valence-electron chi connectivity index (χ0n) is 30.7. The Bertz CT molecular complexity index is 477. The molecule has 3 N–H and O–H groups in total. The maximum Gasteiger partial charge on any atom is 0.0766 e. The first-order valence-corrected chi connectivity index (χ1v) is 18.8. The Balaban J connectivity index is -0.000000292. The van der Waals surface area contributed by atoms with Crippen LogP contribution in [0.15, 0.2) is 12.2 Å². The van der Waals surface area contributed by atoms with Crippen LogP contribution in [0.4, 0.5) is 0 Å². The monoisotopic (exact) mass is 632 g/mol. The summed E-state index contributed by atoms with van der Waals surface area (Å²) in [6, 6.07) is 0. The van der Waals surface area contributed by atoms with Gasteiger partial charge in [-0.3, -0.25) is 0 Å². The number of allylic oxidation sites excluding steroid dienone is 1. The molecule has 0 aliphatic rings. The third kappa shape index (κ3) is 61.2. The van der Waals surface area contributed by atoms with E-state index in [-0.39, 0.29) is 12.4 Å². The summed E-state index contributed by atoms with van der Waals surface area (Å²) in [6.45, 7) is 8.97. The molecule has 0 unspecified atom stereocenters. The first kappa shape index (κ1) is 49.3. The van der Waals surface area contributed by atoms with Crippen molar-refractivity contribution in [1.29, 1.82) is 5.41 Å². The quantitative estimate of drug-likeness (QED) is 0.0582. The van der Waals surface area contributed by atoms with Crippen molar-refractivity contribution in [3.63, 3.8) is 0 Å². The van der Waals surface area contributed by atoms with Crippen LogP contribution in [0.3, 0.4) is 0 Å². The van der Waals surface area contributed by atoms with E-state index in [4.69, 9.17) is 5.41 Å². The van der Waals surface area contributed by atoms with Crippen LogP contribution in [-0.2, 0) is 0 Å². The van der Waals surface area contributed by atoms with Crippen LogP contribution in [0.2, 0.25) is 0 Å². The van der Waals surface area contributed by atoms with Gasteiger partial charge in [-0.05, 0) is 38.5 Å². The van der Waals surface area contributed by atoms with Crippen LogP contribution in [0.1, 0.15) is 188 Å². The molecule has 0 aliphatic carbocycles. The highest BCUT2D eigenvalue weighted by Crippen LogP contribution is 2.13. The van der Waals surface area contributed by atoms with E-state index in [9.17, 15) is 5.11 Å². The van der Waals surface area contributed by atoms with E-state index in [0.29, 0.717) is 0 Å². The van der Waals surface area contributed by atoms with Gasteiger partial charge in [-0.15, -0.1) is 0 Å². The topological polar surface area (TPSA) is 55.8 Å². The zero-order chi connectivity index (χ0) is 31.9. The van der Waals surface area contributed by atoms with Crippen molar-refractivity contribution in [2.75, 3.05) is 41.3 Å². The molecule has 0 rings (SSSR count). The Kier molecular flexibility index (Phi) is 52.6. The van der Waals surface area contributed by atoms with Crippen molar-refractivity contribution in [3.05, 3.63) is 12.2 Å². The molecule has 0 atom stereocenters. The Hall–Kier alpha value is -0.580. The summed E-state index contributed by atoms with van der Waals surface area (Å²) < 4.78 is 0. The summed E-state index contributed by atoms with van der Waals surface area (Å²) in [7, 11) is 9.00. The minimum atomic E-state index is -0.641. The molecular formula is C38H82ClN3O. The highest BCUT2D eigenvalue weighted by molar-refractivity contribution is 5.80. The van der Waals surface area contributed by atoms with Crippen molar-refractivity contribution in [1.82, 2.24) is 0 Å². The molecule has 0 saturated carbocycles. The summed E-state index contributed by atoms with van der Waals surface area (Å²) >= 11 is 0. The second kappa shape index (κ2) is 45.8. The second-order valence-electron chi connectivity index (χ2n) is 13.3. The molecule has 4 nitrogen and oxygen atoms in total. The number of nitrogens with one attached hydrogen (secondary N) is 3. The van der Waals surface area contributed by atoms with Crippen molar-refractivity contribution in [2.45, 2.75) is 188 Å². The fourth-order valence-corrected chi connectivity index (χ4v) is 5.14. The largest absolute Gasteiger partial charge is 1.00 e. The van der Waals surface area contributed by atoms with Gasteiger partial charge < -0.3 is 32.7 Å². The van der Waals surface area contributed by atoms with Crippen LogP contribution in [0.25, 0.3) is 0 Å². The lowest BCUT2D eigenvalue weighted by Crippen LogP contribution is -3.05. The minimum absolute atomic E-state index is 0. The number of quaternary nitrogens is 2. The highest BCUT2D eigenvalue weighted by atomic mass is 35.5. The smallest absolute Gasteiger partial charge is 0.0766 e. The molecule has 0 aromatic rings. The van der Waals surface area contributed by atoms with Gasteiger partial charge in [0.2, 0.25) is 0 Å². The van der Waals surface area contributed by atoms with E-state index in [1.54, 1.807) is 16.7 Å². The zero-order valence-corrected chi connectivity index (χ0v) is 31.5. The predicted molar refractivity (Wildman–Crippen MR) is 189 cm³/mol. The number of halogens is 1. The number of hydrogen-bond donors (Lipinski definition) is 3. The molecule has 0 saturated heterocycles. The van der Waals surface area contributed by atoms with Gasteiger partial charge in [-0.25, -0.2) is 0 Å². The third-order valence-corrected chi connectivity index (χ3v) is 7.88. The summed E-state index contributed by atoms with van der Waals surface area (Å²) in [5.74, 6) is -0.641. The van der Waals surface area contributed by atoms with Gasteiger partial charge >= 0.3 is 0 Å². The summed E-state index contributed by atoms with van der Waals surface area (Å²) in [4.78, 5) is 3.19. The van der Waals surface area contributed by atoms with Gasteiger partial charge in [0.15, 0.2) is 0 Å². The normalized spacial score (nSPS) is 10.8. The van der Waals surface area contributed by atoms with E-state index in [0.717, 1.165) is 0 Å². The van der Waals surface area contributed by atoms with Crippen molar-refractivity contribution < 1.29 is 27.3 Å². The fraction of sp³-hybridized carbons (Fsp3) is 0.921. The van der Waals surface area contributed by atoms with Gasteiger partial charge in [-0.2, -0.15) is 0 Å². The standard InChI is InChI=1S/2C17H37N.C4H7NO.ClH/c2*1-4-5-6-7-8-9-10-11-12-13-14-15-16-17-18(2)3;1-2-3-4(5)6;/h2*4-17H2,1-3H3;2-3H,1H3,(H2,5,6);1H. The fourth-order valence-electron chi connectivity index (χ4n) is 5.14. The van der Waals surface area contributed by atoms with Crippen molar-refractivity contribution in [2.24, 2.45) is 0 Å². The molecule has 0 aromatic heterocycles. The lowest BCUT2D eigenvalue weighted by atomic mass is 10.0. The molecule has 5 heteroatoms. The van der Waals surface area contributed by atoms with Crippen LogP contribution in [-0.4, -0.2) is 47.2 Å². The molecular weight excluding hydrogens is 550 g/mol. The van der Waals surface area contributed by atoms with Crippen LogP contribution in [0, 0.1) is 5.41 Å². The third-order valence-electron chi connectivity index (χ3n) is 7.88. The first-order valence-electron chi connectivity index (χ1n) is 18.8. The molecule has 0 spiro atoms. The Labute approximate surface area is 279 Å². The van der Waals surface area contributed by atoms with E-state index >= 15 is 0 Å². The molecule has 0 heterocycles. The molecule has 43 heavy (non-hydrogen) atoms. The van der Waals surface area contributed by atoms with E-state index in [1.807, 2.05) is 0 Å². The Morgan fingerprint density at radius 3 is 0.814 bits per heavy atom. The highest BCUT2D eigenvalue weighted by Gasteiger charge is 1.97. The Morgan fingerprint density at radius 2 is 0.674 bits per heavy atom. The van der Waals surface area contributed by atoms with Gasteiger partial charge in [0, 0.05) is 0 Å².